The van der Waals surface area contributed by atoms with E-state index in [0.29, 0.717) is 0 Å². The van der Waals surface area contributed by atoms with Gasteiger partial charge < -0.3 is 15.2 Å². The van der Waals surface area contributed by atoms with E-state index >= 15 is 0 Å². The second kappa shape index (κ2) is 3.41. The summed E-state index contributed by atoms with van der Waals surface area (Å²) in [6.07, 6.45) is -2.21. The molecule has 0 radical (unpaired) electrons. The summed E-state index contributed by atoms with van der Waals surface area (Å²) < 4.78 is 31.9. The van der Waals surface area contributed by atoms with Gasteiger partial charge in [0.25, 0.3) is 5.91 Å². The molecule has 2 rings (SSSR count). The number of aliphatic hydroxyl groups excluding tert-OH is 1. The summed E-state index contributed by atoms with van der Waals surface area (Å²) in [5.74, 6) is -4.03. The molecule has 1 amide bonds. The van der Waals surface area contributed by atoms with Gasteiger partial charge >= 0.3 is 5.92 Å². The highest BCUT2D eigenvalue weighted by Gasteiger charge is 2.48. The second-order valence-electron chi connectivity index (χ2n) is 3.41. The lowest BCUT2D eigenvalue weighted by atomic mass is 9.95. The number of carbonyl (C=O) groups excluding carboxylic acids is 1. The predicted octanol–water partition coefficient (Wildman–Crippen LogP) is 0.849. The van der Waals surface area contributed by atoms with Crippen molar-refractivity contribution in [3.63, 3.8) is 0 Å². The van der Waals surface area contributed by atoms with Crippen molar-refractivity contribution in [3.05, 3.63) is 29.3 Å². The van der Waals surface area contributed by atoms with E-state index in [4.69, 9.17) is 9.84 Å². The maximum absolute atomic E-state index is 13.6. The molecule has 4 nitrogen and oxygen atoms in total. The number of ether oxygens (including phenoxy) is 1. The van der Waals surface area contributed by atoms with Gasteiger partial charge in [-0.15, -0.1) is 0 Å². The maximum Gasteiger partial charge on any atom is 0.317 e. The molecule has 2 N–H and O–H groups in total. The number of nitrogens with one attached hydrogen (secondary N) is 1. The van der Waals surface area contributed by atoms with Gasteiger partial charge in [-0.25, -0.2) is 0 Å². The molecule has 1 aromatic carbocycles. The third kappa shape index (κ3) is 1.42. The smallest absolute Gasteiger partial charge is 0.317 e. The van der Waals surface area contributed by atoms with Crippen LogP contribution in [0.2, 0.25) is 0 Å². The van der Waals surface area contributed by atoms with Gasteiger partial charge in [0.05, 0.1) is 7.11 Å². The summed E-state index contributed by atoms with van der Waals surface area (Å²) in [5.41, 5.74) is -0.681. The number of fused-ring (bicyclic) bond motifs is 1. The molecule has 1 atom stereocenters. The van der Waals surface area contributed by atoms with Crippen LogP contribution in [0.3, 0.4) is 0 Å². The van der Waals surface area contributed by atoms with Crippen LogP contribution in [0.25, 0.3) is 0 Å². The van der Waals surface area contributed by atoms with Crippen LogP contribution in [-0.4, -0.2) is 24.4 Å². The molecule has 1 aliphatic heterocycles. The Kier molecular flexibility index (Phi) is 2.31. The Morgan fingerprint density at radius 2 is 2.19 bits per heavy atom. The summed E-state index contributed by atoms with van der Waals surface area (Å²) in [4.78, 5) is 11.3. The molecule has 0 fully saturated rings. The Morgan fingerprint density at radius 1 is 1.50 bits per heavy atom. The molecule has 1 aliphatic rings. The van der Waals surface area contributed by atoms with Gasteiger partial charge in [0.2, 0.25) is 0 Å². The third-order valence-corrected chi connectivity index (χ3v) is 2.44. The summed E-state index contributed by atoms with van der Waals surface area (Å²) in [5, 5.41) is 10.9. The normalized spacial score (nSPS) is 22.2. The molecular formula is C10H9F2NO3. The van der Waals surface area contributed by atoms with Crippen molar-refractivity contribution < 1.29 is 23.4 Å². The predicted molar refractivity (Wildman–Crippen MR) is 50.4 cm³/mol. The summed E-state index contributed by atoms with van der Waals surface area (Å²) >= 11 is 0. The van der Waals surface area contributed by atoms with E-state index in [0.717, 1.165) is 6.07 Å². The van der Waals surface area contributed by atoms with Crippen molar-refractivity contribution in [1.29, 1.82) is 0 Å². The molecular weight excluding hydrogens is 220 g/mol. The first-order valence-electron chi connectivity index (χ1n) is 4.52. The van der Waals surface area contributed by atoms with Crippen LogP contribution in [-0.2, 0) is 5.92 Å². The van der Waals surface area contributed by atoms with Crippen molar-refractivity contribution in [2.24, 2.45) is 0 Å². The third-order valence-electron chi connectivity index (χ3n) is 2.44. The minimum atomic E-state index is -3.52. The van der Waals surface area contributed by atoms with E-state index < -0.39 is 23.6 Å². The molecule has 16 heavy (non-hydrogen) atoms. The average Bonchev–Trinajstić information content (AvgIpc) is 2.26. The fourth-order valence-electron chi connectivity index (χ4n) is 1.56. The lowest BCUT2D eigenvalue weighted by Gasteiger charge is -2.30. The van der Waals surface area contributed by atoms with Crippen molar-refractivity contribution in [3.8, 4) is 5.75 Å². The van der Waals surface area contributed by atoms with E-state index in [1.54, 1.807) is 5.32 Å². The van der Waals surface area contributed by atoms with Gasteiger partial charge in [0.1, 0.15) is 5.75 Å². The molecule has 0 spiro atoms. The first-order valence-corrected chi connectivity index (χ1v) is 4.52. The largest absolute Gasteiger partial charge is 0.497 e. The van der Waals surface area contributed by atoms with Gasteiger partial charge in [-0.1, -0.05) is 0 Å². The van der Waals surface area contributed by atoms with Crippen molar-refractivity contribution >= 4 is 5.91 Å². The number of hydrogen-bond acceptors (Lipinski definition) is 3. The van der Waals surface area contributed by atoms with Gasteiger partial charge in [-0.05, 0) is 18.2 Å². The van der Waals surface area contributed by atoms with Crippen LogP contribution in [0, 0.1) is 0 Å². The van der Waals surface area contributed by atoms with Crippen LogP contribution in [0.1, 0.15) is 15.9 Å². The zero-order valence-corrected chi connectivity index (χ0v) is 8.33. The number of benzene rings is 1. The van der Waals surface area contributed by atoms with E-state index in [1.807, 2.05) is 0 Å². The monoisotopic (exact) mass is 229 g/mol. The summed E-state index contributed by atoms with van der Waals surface area (Å²) in [6.45, 7) is 0. The second-order valence-corrected chi connectivity index (χ2v) is 3.41. The van der Waals surface area contributed by atoms with E-state index in [-0.39, 0.29) is 11.3 Å². The number of alkyl halides is 2. The molecule has 0 saturated heterocycles. The molecule has 1 unspecified atom stereocenters. The lowest BCUT2D eigenvalue weighted by molar-refractivity contribution is -0.128. The highest BCUT2D eigenvalue weighted by Crippen LogP contribution is 2.38. The Labute approximate surface area is 89.8 Å². The van der Waals surface area contributed by atoms with E-state index in [2.05, 4.69) is 0 Å². The molecule has 1 heterocycles. The van der Waals surface area contributed by atoms with Crippen LogP contribution < -0.4 is 10.1 Å². The topological polar surface area (TPSA) is 58.6 Å². The number of hydrogen-bond donors (Lipinski definition) is 2. The highest BCUT2D eigenvalue weighted by molar-refractivity contribution is 5.97. The molecule has 6 heteroatoms. The number of rotatable bonds is 1. The minimum Gasteiger partial charge on any atom is -0.497 e. The number of carbonyl (C=O) groups is 1. The Bertz CT molecular complexity index is 448. The molecule has 0 saturated carbocycles. The van der Waals surface area contributed by atoms with Crippen molar-refractivity contribution in [2.75, 3.05) is 7.11 Å². The van der Waals surface area contributed by atoms with Gasteiger partial charge in [0, 0.05) is 11.1 Å². The lowest BCUT2D eigenvalue weighted by Crippen LogP contribution is -2.51. The quantitative estimate of drug-likeness (QED) is 0.750. The molecule has 0 aliphatic carbocycles. The van der Waals surface area contributed by atoms with Crippen molar-refractivity contribution in [1.82, 2.24) is 5.32 Å². The molecule has 0 bridgehead atoms. The SMILES string of the molecule is COc1ccc2c(c1)C(F)(F)C(O)NC2=O. The number of halogens is 2. The van der Waals surface area contributed by atoms with Crippen LogP contribution in [0.5, 0.6) is 5.75 Å². The summed E-state index contributed by atoms with van der Waals surface area (Å²) in [6, 6.07) is 3.70. The van der Waals surface area contributed by atoms with E-state index in [1.165, 1.54) is 19.2 Å². The Hall–Kier alpha value is -1.69. The fraction of sp³-hybridized carbons (Fsp3) is 0.300. The van der Waals surface area contributed by atoms with Gasteiger partial charge in [-0.2, -0.15) is 8.78 Å². The zero-order valence-electron chi connectivity index (χ0n) is 8.33. The standard InChI is InChI=1S/C10H9F2NO3/c1-16-5-2-3-6-7(4-5)10(11,12)9(15)13-8(6)14/h2-4,9,15H,1H3,(H,13,14). The summed E-state index contributed by atoms with van der Waals surface area (Å²) in [7, 11) is 1.33. The van der Waals surface area contributed by atoms with Crippen LogP contribution >= 0.6 is 0 Å². The molecule has 1 aromatic rings. The Morgan fingerprint density at radius 3 is 2.81 bits per heavy atom. The number of amides is 1. The molecule has 0 aromatic heterocycles. The van der Waals surface area contributed by atoms with Crippen LogP contribution in [0.15, 0.2) is 18.2 Å². The number of aliphatic hydroxyl groups is 1. The highest BCUT2D eigenvalue weighted by atomic mass is 19.3. The van der Waals surface area contributed by atoms with E-state index in [9.17, 15) is 13.6 Å². The fourth-order valence-corrected chi connectivity index (χ4v) is 1.56. The van der Waals surface area contributed by atoms with Crippen molar-refractivity contribution in [2.45, 2.75) is 12.2 Å². The Balaban J connectivity index is 2.61. The first-order chi connectivity index (χ1) is 7.46. The average molecular weight is 229 g/mol. The first kappa shape index (κ1) is 10.8. The van der Waals surface area contributed by atoms with Crippen LogP contribution in [0.4, 0.5) is 8.78 Å². The number of methoxy groups -OCH3 is 1. The molecule has 86 valence electrons. The van der Waals surface area contributed by atoms with Gasteiger partial charge in [-0.3, -0.25) is 4.79 Å². The van der Waals surface area contributed by atoms with Gasteiger partial charge in [0.15, 0.2) is 6.23 Å². The minimum absolute atomic E-state index is 0.156. The maximum atomic E-state index is 13.6. The zero-order chi connectivity index (χ0) is 11.9.